The van der Waals surface area contributed by atoms with E-state index in [0.717, 1.165) is 78.4 Å². The number of halogens is 2. The highest BCUT2D eigenvalue weighted by Crippen LogP contribution is 2.65. The quantitative estimate of drug-likeness (QED) is 0.0710. The summed E-state index contributed by atoms with van der Waals surface area (Å²) >= 11 is 0. The number of phenolic OH excluding ortho intramolecular Hbond substituents is 1. The van der Waals surface area contributed by atoms with Crippen LogP contribution in [0.3, 0.4) is 0 Å². The molecular weight excluding hydrogens is 913 g/mol. The Balaban J connectivity index is 0.838. The van der Waals surface area contributed by atoms with E-state index in [9.17, 15) is 9.50 Å². The summed E-state index contributed by atoms with van der Waals surface area (Å²) in [6, 6.07) is 34.8. The number of aromatic nitrogens is 3. The van der Waals surface area contributed by atoms with Crippen molar-refractivity contribution in [3.8, 4) is 17.2 Å². The van der Waals surface area contributed by atoms with Crippen LogP contribution < -0.4 is 24.0 Å². The zero-order chi connectivity index (χ0) is 48.7. The average Bonchev–Trinajstić information content (AvgIpc) is 4.11. The lowest BCUT2D eigenvalue weighted by atomic mass is 9.94. The van der Waals surface area contributed by atoms with E-state index >= 15 is 9.18 Å². The Labute approximate surface area is 410 Å². The van der Waals surface area contributed by atoms with E-state index in [1.807, 2.05) is 65.6 Å². The molecule has 0 spiro atoms. The number of nitrogens with zero attached hydrogens (tertiary/aromatic N) is 6. The van der Waals surface area contributed by atoms with E-state index in [2.05, 4.69) is 69.6 Å². The van der Waals surface area contributed by atoms with E-state index in [0.29, 0.717) is 18.1 Å². The second-order valence-electron chi connectivity index (χ2n) is 18.5. The first kappa shape index (κ1) is 48.7. The highest BCUT2D eigenvalue weighted by molar-refractivity contribution is 8.46. The Bertz CT molecular complexity index is 2660. The molecule has 3 aliphatic rings. The SMILES string of the molecule is CCCCCCCOc1ccc(NS2(c3ccc(N4CCN(c5ccc(OC[C@H]6OC[C@](Cn7cncn7)(c7ccc(F)cc7F)O6)cc5)CC4)cc3)CC(c3cccc(O)c3)N(C(C)C)C2=O)cc1. The summed E-state index contributed by atoms with van der Waals surface area (Å²) < 4.78 is 58.7. The van der Waals surface area contributed by atoms with Crippen molar-refractivity contribution in [2.75, 3.05) is 66.3 Å². The topological polar surface area (TPSA) is 127 Å². The van der Waals surface area contributed by atoms with E-state index in [1.54, 1.807) is 12.1 Å². The highest BCUT2D eigenvalue weighted by Gasteiger charge is 2.51. The summed E-state index contributed by atoms with van der Waals surface area (Å²) in [5.74, 6) is 0.769. The lowest BCUT2D eigenvalue weighted by molar-refractivity contribution is -0.117. The Hall–Kier alpha value is -6.36. The summed E-state index contributed by atoms with van der Waals surface area (Å²) in [5, 5.41) is 14.7. The van der Waals surface area contributed by atoms with Crippen LogP contribution in [0.2, 0.25) is 0 Å². The number of unbranched alkanes of at least 4 members (excludes halogenated alkanes) is 4. The first-order chi connectivity index (χ1) is 34.0. The van der Waals surface area contributed by atoms with Crippen LogP contribution in [-0.2, 0) is 21.6 Å². The van der Waals surface area contributed by atoms with Gasteiger partial charge in [0.2, 0.25) is 0 Å². The fourth-order valence-corrected chi connectivity index (χ4v) is 13.2. The lowest BCUT2D eigenvalue weighted by Crippen LogP contribution is -2.46. The van der Waals surface area contributed by atoms with Crippen LogP contribution in [0, 0.1) is 11.6 Å². The van der Waals surface area contributed by atoms with E-state index in [1.165, 1.54) is 48.7 Å². The monoisotopic (exact) mass is 975 g/mol. The number of piperazine rings is 1. The average molecular weight is 976 g/mol. The third kappa shape index (κ3) is 10.8. The highest BCUT2D eigenvalue weighted by atomic mass is 32.3. The van der Waals surface area contributed by atoms with Gasteiger partial charge in [-0.1, -0.05) is 61.0 Å². The Morgan fingerprint density at radius 3 is 2.19 bits per heavy atom. The number of aromatic hydroxyl groups is 1. The van der Waals surface area contributed by atoms with Crippen LogP contribution in [0.1, 0.15) is 70.0 Å². The largest absolute Gasteiger partial charge is 0.508 e. The zero-order valence-electron chi connectivity index (χ0n) is 40.1. The molecule has 13 nitrogen and oxygen atoms in total. The summed E-state index contributed by atoms with van der Waals surface area (Å²) in [7, 11) is -2.32. The maximum atomic E-state index is 15.1. The molecule has 3 fully saturated rings. The molecule has 2 unspecified atom stereocenters. The summed E-state index contributed by atoms with van der Waals surface area (Å²) in [6.45, 7) is 10.4. The van der Waals surface area contributed by atoms with Crippen LogP contribution in [0.5, 0.6) is 17.2 Å². The maximum Gasteiger partial charge on any atom is 0.286 e. The van der Waals surface area contributed by atoms with Gasteiger partial charge in [-0.3, -0.25) is 4.79 Å². The number of hydrogen-bond acceptors (Lipinski definition) is 11. The summed E-state index contributed by atoms with van der Waals surface area (Å²) in [4.78, 5) is 26.7. The predicted octanol–water partition coefficient (Wildman–Crippen LogP) is 11.1. The molecule has 2 N–H and O–H groups in total. The number of hydrogen-bond donors (Lipinski definition) is 2. The molecule has 9 rings (SSSR count). The third-order valence-corrected chi connectivity index (χ3v) is 16.6. The second kappa shape index (κ2) is 21.7. The van der Waals surface area contributed by atoms with E-state index in [-0.39, 0.29) is 48.4 Å². The number of amides is 1. The molecule has 4 heterocycles. The molecule has 1 aromatic heterocycles. The van der Waals surface area contributed by atoms with Crippen molar-refractivity contribution >= 4 is 32.5 Å². The van der Waals surface area contributed by atoms with E-state index < -0.39 is 33.7 Å². The first-order valence-electron chi connectivity index (χ1n) is 24.4. The minimum Gasteiger partial charge on any atom is -0.508 e. The van der Waals surface area contributed by atoms with Crippen molar-refractivity contribution in [3.05, 3.63) is 151 Å². The predicted molar refractivity (Wildman–Crippen MR) is 270 cm³/mol. The molecule has 70 heavy (non-hydrogen) atoms. The minimum atomic E-state index is -2.32. The van der Waals surface area contributed by atoms with Gasteiger partial charge >= 0.3 is 0 Å². The number of carbonyl (C=O) groups excluding carboxylic acids is 1. The van der Waals surface area contributed by atoms with Gasteiger partial charge in [-0.2, -0.15) is 5.10 Å². The Morgan fingerprint density at radius 2 is 1.53 bits per heavy atom. The molecule has 5 aromatic carbocycles. The fraction of sp³-hybridized carbons (Fsp3) is 0.389. The van der Waals surface area contributed by atoms with Crippen LogP contribution in [-0.4, -0.2) is 94.1 Å². The van der Waals surface area contributed by atoms with Gasteiger partial charge in [-0.05, 0) is 117 Å². The number of carbonyl (C=O) groups is 1. The van der Waals surface area contributed by atoms with Crippen molar-refractivity contribution in [1.82, 2.24) is 19.7 Å². The van der Waals surface area contributed by atoms with Crippen molar-refractivity contribution in [2.24, 2.45) is 0 Å². The molecule has 6 aromatic rings. The molecule has 0 bridgehead atoms. The molecule has 0 saturated carbocycles. The van der Waals surface area contributed by atoms with Gasteiger partial charge in [-0.25, -0.2) is 18.4 Å². The van der Waals surface area contributed by atoms with Crippen molar-refractivity contribution in [3.63, 3.8) is 0 Å². The summed E-state index contributed by atoms with van der Waals surface area (Å²) in [5.41, 5.74) is 2.85. The van der Waals surface area contributed by atoms with Crippen molar-refractivity contribution in [2.45, 2.75) is 88.3 Å². The number of phenols is 1. The number of nitrogens with one attached hydrogen (secondary N) is 1. The van der Waals surface area contributed by atoms with Gasteiger partial charge in [0.1, 0.15) is 53.7 Å². The van der Waals surface area contributed by atoms with Gasteiger partial charge in [0.25, 0.3) is 5.24 Å². The molecule has 0 aliphatic carbocycles. The fourth-order valence-electron chi connectivity index (χ4n) is 9.72. The van der Waals surface area contributed by atoms with Crippen LogP contribution in [0.15, 0.2) is 133 Å². The molecule has 0 radical (unpaired) electrons. The number of benzene rings is 5. The zero-order valence-corrected chi connectivity index (χ0v) is 40.9. The van der Waals surface area contributed by atoms with Crippen molar-refractivity contribution < 1.29 is 37.6 Å². The molecule has 3 aliphatic heterocycles. The van der Waals surface area contributed by atoms with E-state index in [4.69, 9.17) is 18.9 Å². The molecule has 370 valence electrons. The molecule has 4 atom stereocenters. The Morgan fingerprint density at radius 1 is 0.843 bits per heavy atom. The molecule has 3 saturated heterocycles. The molecule has 16 heteroatoms. The van der Waals surface area contributed by atoms with Crippen LogP contribution in [0.4, 0.5) is 30.6 Å². The molecule has 1 amide bonds. The molecular formula is C54H63F2N7O6S. The van der Waals surface area contributed by atoms with Gasteiger partial charge < -0.3 is 43.5 Å². The van der Waals surface area contributed by atoms with Crippen LogP contribution >= 0.6 is 10.2 Å². The third-order valence-electron chi connectivity index (χ3n) is 13.4. The lowest BCUT2D eigenvalue weighted by Gasteiger charge is -2.38. The number of rotatable bonds is 20. The van der Waals surface area contributed by atoms with Gasteiger partial charge in [-0.15, -0.1) is 0 Å². The summed E-state index contributed by atoms with van der Waals surface area (Å²) in [6.07, 6.45) is 7.96. The standard InChI is InChI=1S/C54H63F2N7O6S/c1-4-5-6-7-8-30-66-46-19-13-42(14-20-46)59-70(34-51(63(39(2)3)53(70)65)40-10-9-11-45(64)31-40)48-23-17-44(18-24-48)61-28-26-60(27-29-61)43-15-21-47(22-16-43)67-33-52-68-36-54(69-52,35-62-38-57-37-58-62)49-25-12-41(55)32-50(49)56/h9-25,31-32,37-39,51-52,59,64H,4-8,26-30,33-36H2,1-3H3/t51?,52-,54+/m0/s1. The smallest absolute Gasteiger partial charge is 0.286 e. The normalized spacial score (nSPS) is 22.4. The minimum absolute atomic E-state index is 0.0149. The van der Waals surface area contributed by atoms with Crippen LogP contribution in [0.25, 0.3) is 0 Å². The number of ether oxygens (including phenoxy) is 4. The second-order valence-corrected chi connectivity index (χ2v) is 21.4. The maximum absolute atomic E-state index is 15.1. The van der Waals surface area contributed by atoms with Gasteiger partial charge in [0.05, 0.1) is 25.8 Å². The number of anilines is 3. The van der Waals surface area contributed by atoms with Crippen molar-refractivity contribution in [1.29, 1.82) is 0 Å². The van der Waals surface area contributed by atoms with Gasteiger partial charge in [0, 0.05) is 71.6 Å². The Kier molecular flexibility index (Phi) is 15.1. The van der Waals surface area contributed by atoms with Gasteiger partial charge in [0.15, 0.2) is 6.29 Å². The first-order valence-corrected chi connectivity index (χ1v) is 26.2.